The highest BCUT2D eigenvalue weighted by Crippen LogP contribution is 2.08. The number of nitrogens with zero attached hydrogens (tertiary/aromatic N) is 4. The molecule has 0 aliphatic carbocycles. The monoisotopic (exact) mass is 367 g/mol. The number of H-pyrrole nitrogens is 1. The minimum Gasteiger partial charge on any atom is -0.383 e. The van der Waals surface area contributed by atoms with E-state index in [1.807, 2.05) is 19.3 Å². The molecule has 0 aliphatic rings. The van der Waals surface area contributed by atoms with E-state index in [2.05, 4.69) is 15.1 Å². The van der Waals surface area contributed by atoms with E-state index in [9.17, 15) is 9.59 Å². The maximum absolute atomic E-state index is 12.6. The second-order valence-corrected chi connectivity index (χ2v) is 6.06. The molecule has 1 aromatic carbocycles. The number of para-hydroxylation sites is 1. The molecular formula is C19H21N5O3. The smallest absolute Gasteiger partial charge is 0.258 e. The van der Waals surface area contributed by atoms with Gasteiger partial charge in [0.2, 0.25) is 5.91 Å². The standard InChI is InChI=1S/C19H21N5O3/c1-23-12-14(11-20-23)7-8-18(25)24(9-10-27-2)13-17-21-16-6-4-3-5-15(16)19(26)22-17/h3-8,11-12H,9-10,13H2,1-2H3,(H,21,22,26)/b8-7-. The second-order valence-electron chi connectivity index (χ2n) is 6.06. The van der Waals surface area contributed by atoms with Gasteiger partial charge in [0, 0.05) is 38.5 Å². The van der Waals surface area contributed by atoms with Crippen LogP contribution in [0.3, 0.4) is 0 Å². The Labute approximate surface area is 156 Å². The largest absolute Gasteiger partial charge is 0.383 e. The van der Waals surface area contributed by atoms with E-state index in [0.717, 1.165) is 5.56 Å². The Balaban J connectivity index is 1.81. The predicted octanol–water partition coefficient (Wildman–Crippen LogP) is 1.34. The van der Waals surface area contributed by atoms with Crippen LogP contribution in [0, 0.1) is 0 Å². The first-order valence-electron chi connectivity index (χ1n) is 8.49. The van der Waals surface area contributed by atoms with E-state index >= 15 is 0 Å². The fraction of sp³-hybridized carbons (Fsp3) is 0.263. The number of aryl methyl sites for hydroxylation is 1. The summed E-state index contributed by atoms with van der Waals surface area (Å²) >= 11 is 0. The molecule has 0 atom stereocenters. The van der Waals surface area contributed by atoms with Crippen molar-refractivity contribution >= 4 is 22.9 Å². The van der Waals surface area contributed by atoms with E-state index in [1.165, 1.54) is 6.08 Å². The van der Waals surface area contributed by atoms with E-state index in [4.69, 9.17) is 4.74 Å². The van der Waals surface area contributed by atoms with Crippen LogP contribution < -0.4 is 5.56 Å². The zero-order chi connectivity index (χ0) is 19.2. The maximum Gasteiger partial charge on any atom is 0.258 e. The Bertz CT molecular complexity index is 1020. The number of methoxy groups -OCH3 is 1. The Morgan fingerprint density at radius 2 is 2.19 bits per heavy atom. The van der Waals surface area contributed by atoms with Crippen LogP contribution in [0.15, 0.2) is 47.5 Å². The number of hydrogen-bond acceptors (Lipinski definition) is 5. The van der Waals surface area contributed by atoms with Gasteiger partial charge in [0.15, 0.2) is 0 Å². The van der Waals surface area contributed by atoms with Crippen molar-refractivity contribution in [1.82, 2.24) is 24.6 Å². The van der Waals surface area contributed by atoms with Crippen molar-refractivity contribution in [2.45, 2.75) is 6.54 Å². The van der Waals surface area contributed by atoms with Gasteiger partial charge in [0.1, 0.15) is 5.82 Å². The van der Waals surface area contributed by atoms with Crippen LogP contribution >= 0.6 is 0 Å². The van der Waals surface area contributed by atoms with Gasteiger partial charge in [-0.25, -0.2) is 4.98 Å². The topological polar surface area (TPSA) is 93.1 Å². The summed E-state index contributed by atoms with van der Waals surface area (Å²) < 4.78 is 6.76. The Morgan fingerprint density at radius 1 is 1.37 bits per heavy atom. The molecule has 8 heteroatoms. The number of aromatic nitrogens is 4. The number of carbonyl (C=O) groups is 1. The van der Waals surface area contributed by atoms with Crippen LogP contribution in [0.4, 0.5) is 0 Å². The fourth-order valence-corrected chi connectivity index (χ4v) is 2.66. The van der Waals surface area contributed by atoms with Gasteiger partial charge >= 0.3 is 0 Å². The number of hydrogen-bond donors (Lipinski definition) is 1. The summed E-state index contributed by atoms with van der Waals surface area (Å²) in [6, 6.07) is 7.10. The first-order chi connectivity index (χ1) is 13.1. The Kier molecular flexibility index (Phi) is 5.77. The van der Waals surface area contributed by atoms with Crippen molar-refractivity contribution in [1.29, 1.82) is 0 Å². The number of rotatable bonds is 7. The normalized spacial score (nSPS) is 11.3. The lowest BCUT2D eigenvalue weighted by Gasteiger charge is -2.20. The predicted molar refractivity (Wildman–Crippen MR) is 102 cm³/mol. The van der Waals surface area contributed by atoms with Crippen LogP contribution in [0.5, 0.6) is 0 Å². The molecule has 0 saturated carbocycles. The molecule has 8 nitrogen and oxygen atoms in total. The lowest BCUT2D eigenvalue weighted by molar-refractivity contribution is -0.127. The molecular weight excluding hydrogens is 346 g/mol. The quantitative estimate of drug-likeness (QED) is 0.636. The van der Waals surface area contributed by atoms with Crippen LogP contribution in [0.2, 0.25) is 0 Å². The average molecular weight is 367 g/mol. The van der Waals surface area contributed by atoms with Crippen molar-refractivity contribution in [3.63, 3.8) is 0 Å². The molecule has 0 radical (unpaired) electrons. The molecule has 3 rings (SSSR count). The summed E-state index contributed by atoms with van der Waals surface area (Å²) in [4.78, 5) is 33.6. The zero-order valence-corrected chi connectivity index (χ0v) is 15.3. The molecule has 27 heavy (non-hydrogen) atoms. The third kappa shape index (κ3) is 4.68. The van der Waals surface area contributed by atoms with Crippen LogP contribution in [0.25, 0.3) is 17.0 Å². The molecule has 1 amide bonds. The van der Waals surface area contributed by atoms with Crippen LogP contribution in [-0.2, 0) is 23.1 Å². The number of nitrogens with one attached hydrogen (secondary N) is 1. The maximum atomic E-state index is 12.6. The molecule has 0 spiro atoms. The van der Waals surface area contributed by atoms with Crippen molar-refractivity contribution in [2.75, 3.05) is 20.3 Å². The molecule has 2 aromatic heterocycles. The van der Waals surface area contributed by atoms with Gasteiger partial charge in [-0.1, -0.05) is 12.1 Å². The molecule has 3 aromatic rings. The number of ether oxygens (including phenoxy) is 1. The highest BCUT2D eigenvalue weighted by atomic mass is 16.5. The van der Waals surface area contributed by atoms with Gasteiger partial charge in [-0.3, -0.25) is 14.3 Å². The average Bonchev–Trinajstić information content (AvgIpc) is 3.08. The van der Waals surface area contributed by atoms with Gasteiger partial charge in [-0.15, -0.1) is 0 Å². The van der Waals surface area contributed by atoms with Crippen molar-refractivity contribution < 1.29 is 9.53 Å². The summed E-state index contributed by atoms with van der Waals surface area (Å²) in [6.07, 6.45) is 6.66. The lowest BCUT2D eigenvalue weighted by atomic mass is 10.2. The zero-order valence-electron chi connectivity index (χ0n) is 15.3. The molecule has 0 saturated heterocycles. The van der Waals surface area contributed by atoms with Crippen LogP contribution in [-0.4, -0.2) is 50.8 Å². The van der Waals surface area contributed by atoms with Crippen molar-refractivity contribution in [2.24, 2.45) is 7.05 Å². The fourth-order valence-electron chi connectivity index (χ4n) is 2.66. The summed E-state index contributed by atoms with van der Waals surface area (Å²) in [5.41, 5.74) is 1.21. The number of fused-ring (bicyclic) bond motifs is 1. The van der Waals surface area contributed by atoms with E-state index in [1.54, 1.807) is 47.2 Å². The molecule has 1 N–H and O–H groups in total. The first kappa shape index (κ1) is 18.5. The minimum atomic E-state index is -0.222. The van der Waals surface area contributed by atoms with Gasteiger partial charge < -0.3 is 14.6 Å². The summed E-state index contributed by atoms with van der Waals surface area (Å²) in [7, 11) is 3.38. The van der Waals surface area contributed by atoms with Gasteiger partial charge in [-0.2, -0.15) is 5.10 Å². The number of carbonyl (C=O) groups excluding carboxylic acids is 1. The van der Waals surface area contributed by atoms with E-state index in [0.29, 0.717) is 29.9 Å². The third-order valence-corrected chi connectivity index (χ3v) is 4.02. The summed E-state index contributed by atoms with van der Waals surface area (Å²) in [5, 5.41) is 4.59. The first-order valence-corrected chi connectivity index (χ1v) is 8.49. The Hall–Kier alpha value is -3.26. The third-order valence-electron chi connectivity index (χ3n) is 4.02. The highest BCUT2D eigenvalue weighted by molar-refractivity contribution is 5.91. The molecule has 0 unspecified atom stereocenters. The highest BCUT2D eigenvalue weighted by Gasteiger charge is 2.14. The molecule has 0 fully saturated rings. The number of aromatic amines is 1. The van der Waals surface area contributed by atoms with Crippen molar-refractivity contribution in [3.05, 3.63) is 64.5 Å². The summed E-state index contributed by atoms with van der Waals surface area (Å²) in [6.45, 7) is 0.938. The Morgan fingerprint density at radius 3 is 2.93 bits per heavy atom. The lowest BCUT2D eigenvalue weighted by Crippen LogP contribution is -2.33. The number of amides is 1. The minimum absolute atomic E-state index is 0.180. The van der Waals surface area contributed by atoms with Gasteiger partial charge in [-0.05, 0) is 18.2 Å². The van der Waals surface area contributed by atoms with Gasteiger partial charge in [0.05, 0.1) is 30.3 Å². The van der Waals surface area contributed by atoms with E-state index in [-0.39, 0.29) is 18.0 Å². The molecule has 0 aliphatic heterocycles. The van der Waals surface area contributed by atoms with Gasteiger partial charge in [0.25, 0.3) is 5.56 Å². The molecule has 0 bridgehead atoms. The number of benzene rings is 1. The SMILES string of the molecule is COCCN(Cc1nc2ccccc2c(=O)[nH]1)C(=O)/C=C\c1cnn(C)c1. The molecule has 2 heterocycles. The summed E-state index contributed by atoms with van der Waals surface area (Å²) in [5.74, 6) is 0.227. The molecule has 140 valence electrons. The van der Waals surface area contributed by atoms with E-state index < -0.39 is 0 Å². The second kappa shape index (κ2) is 8.41. The van der Waals surface area contributed by atoms with Crippen LogP contribution in [0.1, 0.15) is 11.4 Å². The van der Waals surface area contributed by atoms with Crippen molar-refractivity contribution in [3.8, 4) is 0 Å².